The minimum absolute atomic E-state index is 0.375. The zero-order valence-corrected chi connectivity index (χ0v) is 11.4. The smallest absolute Gasteiger partial charge is 0.161 e. The maximum absolute atomic E-state index is 4.52. The molecule has 0 aliphatic heterocycles. The summed E-state index contributed by atoms with van der Waals surface area (Å²) in [6, 6.07) is 9.07. The van der Waals surface area contributed by atoms with Crippen molar-refractivity contribution in [1.82, 2.24) is 19.5 Å². The van der Waals surface area contributed by atoms with Crippen LogP contribution in [0.5, 0.6) is 0 Å². The molecule has 1 aliphatic carbocycles. The number of nitrogens with zero attached hydrogens (tertiary/aromatic N) is 3. The number of benzene rings is 1. The largest absolute Gasteiger partial charge is 0.348 e. The summed E-state index contributed by atoms with van der Waals surface area (Å²) in [5, 5.41) is 0. The van der Waals surface area contributed by atoms with Gasteiger partial charge in [-0.1, -0.05) is 24.3 Å². The van der Waals surface area contributed by atoms with Gasteiger partial charge in [-0.2, -0.15) is 0 Å². The van der Waals surface area contributed by atoms with Crippen molar-refractivity contribution in [3.8, 4) is 11.5 Å². The normalized spacial score (nSPS) is 17.4. The van der Waals surface area contributed by atoms with E-state index in [-0.39, 0.29) is 0 Å². The van der Waals surface area contributed by atoms with E-state index in [9.17, 15) is 0 Å². The molecule has 100 valence electrons. The van der Waals surface area contributed by atoms with E-state index >= 15 is 0 Å². The van der Waals surface area contributed by atoms with Crippen LogP contribution in [0, 0.1) is 6.92 Å². The predicted octanol–water partition coefficient (Wildman–Crippen LogP) is 3.12. The molecule has 2 heterocycles. The number of H-pyrrole nitrogens is 1. The number of fused-ring (bicyclic) bond motifs is 1. The van der Waals surface area contributed by atoms with Crippen LogP contribution in [0.2, 0.25) is 0 Å². The molecule has 0 bridgehead atoms. The van der Waals surface area contributed by atoms with Crippen LogP contribution in [0.25, 0.3) is 11.5 Å². The van der Waals surface area contributed by atoms with E-state index in [1.165, 1.54) is 11.1 Å². The van der Waals surface area contributed by atoms with Crippen LogP contribution in [0.15, 0.2) is 43.0 Å². The number of hydrogen-bond donors (Lipinski definition) is 1. The van der Waals surface area contributed by atoms with E-state index in [0.717, 1.165) is 30.1 Å². The van der Waals surface area contributed by atoms with Crippen molar-refractivity contribution in [2.45, 2.75) is 25.8 Å². The van der Waals surface area contributed by atoms with Gasteiger partial charge in [0.05, 0.1) is 12.4 Å². The zero-order chi connectivity index (χ0) is 13.5. The van der Waals surface area contributed by atoms with E-state index < -0.39 is 0 Å². The van der Waals surface area contributed by atoms with E-state index in [4.69, 9.17) is 0 Å². The maximum Gasteiger partial charge on any atom is 0.161 e. The molecular weight excluding hydrogens is 248 g/mol. The Morgan fingerprint density at radius 3 is 3.00 bits per heavy atom. The number of aryl methyl sites for hydroxylation is 2. The van der Waals surface area contributed by atoms with Gasteiger partial charge in [-0.3, -0.25) is 0 Å². The Hall–Kier alpha value is -2.36. The minimum Gasteiger partial charge on any atom is -0.348 e. The lowest BCUT2D eigenvalue weighted by molar-refractivity contribution is 0.584. The van der Waals surface area contributed by atoms with E-state index in [2.05, 4.69) is 50.0 Å². The summed E-state index contributed by atoms with van der Waals surface area (Å²) in [5.74, 6) is 0.949. The lowest BCUT2D eigenvalue weighted by Crippen LogP contribution is -2.08. The standard InChI is InChI=1S/C16H16N4/c1-11-15(19-10-18-11)16-17-8-9-20(16)14-7-6-12-4-2-3-5-13(12)14/h2-5,8-10,14H,6-7H2,1H3,(H,18,19)/t14-/m0/s1. The molecule has 1 atom stereocenters. The van der Waals surface area contributed by atoms with Gasteiger partial charge in [0.1, 0.15) is 5.69 Å². The highest BCUT2D eigenvalue weighted by Crippen LogP contribution is 2.36. The SMILES string of the molecule is Cc1[nH]cnc1-c1nccn1[C@H]1CCc2ccccc21. The van der Waals surface area contributed by atoms with Gasteiger partial charge in [0.15, 0.2) is 5.82 Å². The zero-order valence-electron chi connectivity index (χ0n) is 11.4. The van der Waals surface area contributed by atoms with Gasteiger partial charge < -0.3 is 9.55 Å². The van der Waals surface area contributed by atoms with Crippen LogP contribution in [0.1, 0.15) is 29.3 Å². The second-order valence-electron chi connectivity index (χ2n) is 5.29. The molecule has 0 radical (unpaired) electrons. The molecule has 1 N–H and O–H groups in total. The van der Waals surface area contributed by atoms with Crippen LogP contribution in [-0.4, -0.2) is 19.5 Å². The summed E-state index contributed by atoms with van der Waals surface area (Å²) in [6.07, 6.45) is 7.93. The summed E-state index contributed by atoms with van der Waals surface area (Å²) in [7, 11) is 0. The van der Waals surface area contributed by atoms with Crippen LogP contribution in [0.4, 0.5) is 0 Å². The van der Waals surface area contributed by atoms with Gasteiger partial charge >= 0.3 is 0 Å². The topological polar surface area (TPSA) is 46.5 Å². The van der Waals surface area contributed by atoms with E-state index in [0.29, 0.717) is 6.04 Å². The monoisotopic (exact) mass is 264 g/mol. The van der Waals surface area contributed by atoms with Crippen molar-refractivity contribution in [2.24, 2.45) is 0 Å². The number of aromatic amines is 1. The molecule has 20 heavy (non-hydrogen) atoms. The van der Waals surface area contributed by atoms with Crippen LogP contribution in [0.3, 0.4) is 0 Å². The second-order valence-corrected chi connectivity index (χ2v) is 5.29. The number of imidazole rings is 2. The molecule has 0 saturated carbocycles. The highest BCUT2D eigenvalue weighted by molar-refractivity contribution is 5.54. The van der Waals surface area contributed by atoms with Crippen molar-refractivity contribution >= 4 is 0 Å². The first kappa shape index (κ1) is 11.5. The highest BCUT2D eigenvalue weighted by atomic mass is 15.1. The van der Waals surface area contributed by atoms with Crippen LogP contribution in [-0.2, 0) is 6.42 Å². The molecule has 0 fully saturated rings. The molecule has 4 nitrogen and oxygen atoms in total. The molecule has 4 rings (SSSR count). The number of rotatable bonds is 2. The van der Waals surface area contributed by atoms with Gasteiger partial charge in [-0.05, 0) is 30.9 Å². The third kappa shape index (κ3) is 1.61. The first-order chi connectivity index (χ1) is 9.84. The molecule has 2 aromatic heterocycles. The van der Waals surface area contributed by atoms with Crippen molar-refractivity contribution in [1.29, 1.82) is 0 Å². The number of aromatic nitrogens is 4. The molecule has 1 aromatic carbocycles. The Labute approximate surface area is 117 Å². The first-order valence-corrected chi connectivity index (χ1v) is 6.95. The van der Waals surface area contributed by atoms with Crippen molar-refractivity contribution < 1.29 is 0 Å². The van der Waals surface area contributed by atoms with Gasteiger partial charge in [-0.15, -0.1) is 0 Å². The summed E-state index contributed by atoms with van der Waals surface area (Å²) < 4.78 is 2.26. The Kier molecular flexibility index (Phi) is 2.49. The van der Waals surface area contributed by atoms with Crippen molar-refractivity contribution in [3.05, 3.63) is 59.8 Å². The molecule has 3 aromatic rings. The molecule has 0 amide bonds. The van der Waals surface area contributed by atoms with Gasteiger partial charge in [0, 0.05) is 18.1 Å². The fraction of sp³-hybridized carbons (Fsp3) is 0.250. The number of nitrogens with one attached hydrogen (secondary N) is 1. The fourth-order valence-corrected chi connectivity index (χ4v) is 3.16. The Bertz CT molecular complexity index is 753. The molecule has 1 aliphatic rings. The van der Waals surface area contributed by atoms with Crippen LogP contribution >= 0.6 is 0 Å². The Morgan fingerprint density at radius 1 is 1.25 bits per heavy atom. The second kappa shape index (κ2) is 4.34. The highest BCUT2D eigenvalue weighted by Gasteiger charge is 2.26. The summed E-state index contributed by atoms with van der Waals surface area (Å²) in [5.41, 5.74) is 4.87. The minimum atomic E-state index is 0.375. The lowest BCUT2D eigenvalue weighted by atomic mass is 10.1. The molecule has 4 heteroatoms. The third-order valence-electron chi connectivity index (χ3n) is 4.15. The van der Waals surface area contributed by atoms with Crippen LogP contribution < -0.4 is 0 Å². The van der Waals surface area contributed by atoms with Gasteiger partial charge in [0.25, 0.3) is 0 Å². The molecule has 0 spiro atoms. The fourth-order valence-electron chi connectivity index (χ4n) is 3.16. The molecular formula is C16H16N4. The average molecular weight is 264 g/mol. The van der Waals surface area contributed by atoms with Gasteiger partial charge in [-0.25, -0.2) is 9.97 Å². The van der Waals surface area contributed by atoms with Crippen molar-refractivity contribution in [3.63, 3.8) is 0 Å². The Morgan fingerprint density at radius 2 is 2.15 bits per heavy atom. The molecule has 0 saturated heterocycles. The average Bonchev–Trinajstić information content (AvgIpc) is 3.15. The molecule has 0 unspecified atom stereocenters. The maximum atomic E-state index is 4.52. The van der Waals surface area contributed by atoms with E-state index in [1.54, 1.807) is 6.33 Å². The third-order valence-corrected chi connectivity index (χ3v) is 4.15. The van der Waals surface area contributed by atoms with Gasteiger partial charge in [0.2, 0.25) is 0 Å². The summed E-state index contributed by atoms with van der Waals surface area (Å²) >= 11 is 0. The summed E-state index contributed by atoms with van der Waals surface area (Å²) in [6.45, 7) is 2.03. The Balaban J connectivity index is 1.82. The van der Waals surface area contributed by atoms with E-state index in [1.807, 2.05) is 13.1 Å². The first-order valence-electron chi connectivity index (χ1n) is 6.95. The quantitative estimate of drug-likeness (QED) is 0.773. The van der Waals surface area contributed by atoms with Crippen molar-refractivity contribution in [2.75, 3.05) is 0 Å². The summed E-state index contributed by atoms with van der Waals surface area (Å²) in [4.78, 5) is 12.1. The lowest BCUT2D eigenvalue weighted by Gasteiger charge is -2.16. The number of hydrogen-bond acceptors (Lipinski definition) is 2. The predicted molar refractivity (Wildman–Crippen MR) is 77.4 cm³/mol.